The Morgan fingerprint density at radius 2 is 1.89 bits per heavy atom. The van der Waals surface area contributed by atoms with Crippen LogP contribution in [0.2, 0.25) is 0 Å². The zero-order chi connectivity index (χ0) is 20.4. The summed E-state index contributed by atoms with van der Waals surface area (Å²) in [6.07, 6.45) is 2.91. The third kappa shape index (κ3) is 4.22. The molecule has 1 aliphatic heterocycles. The zero-order valence-electron chi connectivity index (χ0n) is 16.4. The van der Waals surface area contributed by atoms with Gasteiger partial charge in [0.1, 0.15) is 0 Å². The van der Waals surface area contributed by atoms with Crippen molar-refractivity contribution in [3.05, 3.63) is 29.8 Å². The molecule has 1 N–H and O–H groups in total. The van der Waals surface area contributed by atoms with Crippen LogP contribution >= 0.6 is 0 Å². The number of hydrogen-bond acceptors (Lipinski definition) is 5. The Balaban J connectivity index is 1.63. The van der Waals surface area contributed by atoms with Crippen LogP contribution in [0, 0.1) is 5.92 Å². The third-order valence-electron chi connectivity index (χ3n) is 5.63. The van der Waals surface area contributed by atoms with Gasteiger partial charge in [-0.3, -0.25) is 9.59 Å². The number of nitrogens with one attached hydrogen (secondary N) is 1. The van der Waals surface area contributed by atoms with Crippen molar-refractivity contribution >= 4 is 27.6 Å². The van der Waals surface area contributed by atoms with Gasteiger partial charge in [-0.15, -0.1) is 0 Å². The molecule has 1 amide bonds. The van der Waals surface area contributed by atoms with E-state index in [2.05, 4.69) is 5.32 Å². The number of amides is 1. The first kappa shape index (κ1) is 20.8. The Kier molecular flexibility index (Phi) is 6.09. The molecule has 1 heterocycles. The monoisotopic (exact) mass is 408 g/mol. The Morgan fingerprint density at radius 3 is 2.46 bits per heavy atom. The van der Waals surface area contributed by atoms with Crippen molar-refractivity contribution in [2.45, 2.75) is 44.9 Å². The van der Waals surface area contributed by atoms with Crippen LogP contribution in [0.4, 0.5) is 5.69 Å². The maximum atomic E-state index is 12.6. The van der Waals surface area contributed by atoms with Gasteiger partial charge < -0.3 is 10.1 Å². The number of hydrogen-bond donors (Lipinski definition) is 1. The van der Waals surface area contributed by atoms with Crippen molar-refractivity contribution in [2.24, 2.45) is 5.92 Å². The van der Waals surface area contributed by atoms with Crippen LogP contribution in [0.3, 0.4) is 0 Å². The average Bonchev–Trinajstić information content (AvgIpc) is 3.51. The molecule has 0 radical (unpaired) electrons. The summed E-state index contributed by atoms with van der Waals surface area (Å²) in [6.45, 7) is 4.48. The Labute approximate surface area is 166 Å². The summed E-state index contributed by atoms with van der Waals surface area (Å²) in [4.78, 5) is 24.8. The van der Waals surface area contributed by atoms with Crippen LogP contribution in [0.5, 0.6) is 0 Å². The number of rotatable bonds is 7. The number of esters is 1. The van der Waals surface area contributed by atoms with Crippen molar-refractivity contribution in [1.82, 2.24) is 4.31 Å². The minimum absolute atomic E-state index is 0.0466. The molecule has 7 nitrogen and oxygen atoms in total. The quantitative estimate of drug-likeness (QED) is 0.699. The Bertz CT molecular complexity index is 831. The van der Waals surface area contributed by atoms with Crippen LogP contribution in [0.1, 0.15) is 45.1 Å². The van der Waals surface area contributed by atoms with E-state index in [4.69, 9.17) is 4.74 Å². The summed E-state index contributed by atoms with van der Waals surface area (Å²) in [5.74, 6) is -0.670. The first-order valence-corrected chi connectivity index (χ1v) is 11.5. The summed E-state index contributed by atoms with van der Waals surface area (Å²) in [5.41, 5.74) is 1.02. The molecule has 0 spiro atoms. The van der Waals surface area contributed by atoms with Crippen molar-refractivity contribution in [3.63, 3.8) is 0 Å². The number of benzene rings is 1. The number of anilines is 1. The fourth-order valence-corrected chi connectivity index (χ4v) is 4.89. The molecule has 28 heavy (non-hydrogen) atoms. The highest BCUT2D eigenvalue weighted by molar-refractivity contribution is 7.89. The van der Waals surface area contributed by atoms with E-state index in [0.29, 0.717) is 31.7 Å². The lowest BCUT2D eigenvalue weighted by molar-refractivity contribution is -0.146. The van der Waals surface area contributed by atoms with E-state index < -0.39 is 15.4 Å². The summed E-state index contributed by atoms with van der Waals surface area (Å²) in [6, 6.07) is 7.29. The maximum absolute atomic E-state index is 12.6. The summed E-state index contributed by atoms with van der Waals surface area (Å²) < 4.78 is 30.8. The van der Waals surface area contributed by atoms with Crippen molar-refractivity contribution < 1.29 is 22.7 Å². The van der Waals surface area contributed by atoms with Gasteiger partial charge in [-0.1, -0.05) is 12.1 Å². The van der Waals surface area contributed by atoms with E-state index in [1.165, 1.54) is 4.31 Å². The molecule has 2 aliphatic rings. The van der Waals surface area contributed by atoms with Gasteiger partial charge in [0.15, 0.2) is 0 Å². The van der Waals surface area contributed by atoms with Crippen molar-refractivity contribution in [2.75, 3.05) is 30.8 Å². The number of sulfonamides is 1. The van der Waals surface area contributed by atoms with Crippen molar-refractivity contribution in [1.29, 1.82) is 0 Å². The molecule has 0 aromatic heterocycles. The Hall–Kier alpha value is -1.93. The molecule has 1 atom stereocenters. The van der Waals surface area contributed by atoms with Crippen LogP contribution in [-0.2, 0) is 29.8 Å². The van der Waals surface area contributed by atoms with Gasteiger partial charge in [0, 0.05) is 18.8 Å². The van der Waals surface area contributed by atoms with Gasteiger partial charge in [0.2, 0.25) is 15.9 Å². The molecular weight excluding hydrogens is 380 g/mol. The molecule has 8 heteroatoms. The molecule has 1 unspecified atom stereocenters. The second-order valence-corrected chi connectivity index (χ2v) is 9.72. The lowest BCUT2D eigenvalue weighted by Gasteiger charge is -2.30. The minimum Gasteiger partial charge on any atom is -0.465 e. The highest BCUT2D eigenvalue weighted by Gasteiger charge is 2.52. The molecule has 1 aromatic rings. The molecule has 1 aromatic carbocycles. The summed E-state index contributed by atoms with van der Waals surface area (Å²) >= 11 is 0. The number of ether oxygens (including phenoxy) is 1. The maximum Gasteiger partial charge on any atom is 0.316 e. The minimum atomic E-state index is -3.28. The van der Waals surface area contributed by atoms with Gasteiger partial charge in [-0.05, 0) is 57.2 Å². The van der Waals surface area contributed by atoms with Crippen molar-refractivity contribution in [3.8, 4) is 0 Å². The lowest BCUT2D eigenvalue weighted by Crippen LogP contribution is -2.44. The largest absolute Gasteiger partial charge is 0.465 e. The van der Waals surface area contributed by atoms with Crippen LogP contribution in [0.25, 0.3) is 0 Å². The van der Waals surface area contributed by atoms with E-state index in [1.807, 2.05) is 12.1 Å². The van der Waals surface area contributed by atoms with E-state index >= 15 is 0 Å². The molecule has 2 fully saturated rings. The van der Waals surface area contributed by atoms with Gasteiger partial charge in [0.25, 0.3) is 0 Å². The number of carbonyl (C=O) groups is 2. The molecule has 1 saturated heterocycles. The van der Waals surface area contributed by atoms with Gasteiger partial charge >= 0.3 is 5.97 Å². The zero-order valence-corrected chi connectivity index (χ0v) is 17.3. The summed E-state index contributed by atoms with van der Waals surface area (Å²) in [7, 11) is -3.28. The van der Waals surface area contributed by atoms with E-state index in [0.717, 1.165) is 18.4 Å². The molecular formula is C20H28N2O5S. The SMILES string of the molecule is CCOC(=O)C1(c2ccc(NC(=O)C3CCCN(S(=O)(=O)CC)C3)cc2)CC1. The van der Waals surface area contributed by atoms with Crippen LogP contribution < -0.4 is 5.32 Å². The second kappa shape index (κ2) is 8.21. The van der Waals surface area contributed by atoms with E-state index in [-0.39, 0.29) is 30.1 Å². The normalized spacial score (nSPS) is 21.7. The Morgan fingerprint density at radius 1 is 1.21 bits per heavy atom. The predicted octanol–water partition coefficient (Wildman–Crippen LogP) is 2.28. The fourth-order valence-electron chi connectivity index (χ4n) is 3.71. The fraction of sp³-hybridized carbons (Fsp3) is 0.600. The van der Waals surface area contributed by atoms with E-state index in [1.54, 1.807) is 26.0 Å². The first-order chi connectivity index (χ1) is 13.3. The van der Waals surface area contributed by atoms with Gasteiger partial charge in [-0.25, -0.2) is 12.7 Å². The number of carbonyl (C=O) groups excluding carboxylic acids is 2. The molecule has 0 bridgehead atoms. The smallest absolute Gasteiger partial charge is 0.316 e. The highest BCUT2D eigenvalue weighted by atomic mass is 32.2. The second-order valence-electron chi connectivity index (χ2n) is 7.47. The molecule has 1 saturated carbocycles. The van der Waals surface area contributed by atoms with Crippen LogP contribution in [0.15, 0.2) is 24.3 Å². The standard InChI is InChI=1S/C20H28N2O5S/c1-3-27-19(24)20(11-12-20)16-7-9-17(10-8-16)21-18(23)15-6-5-13-22(14-15)28(25,26)4-2/h7-10,15H,3-6,11-14H2,1-2H3,(H,21,23). The molecule has 154 valence electrons. The van der Waals surface area contributed by atoms with Crippen LogP contribution in [-0.4, -0.2) is 50.0 Å². The number of piperidine rings is 1. The molecule has 1 aliphatic carbocycles. The third-order valence-corrected chi connectivity index (χ3v) is 7.48. The van der Waals surface area contributed by atoms with Gasteiger partial charge in [-0.2, -0.15) is 0 Å². The topological polar surface area (TPSA) is 92.8 Å². The average molecular weight is 409 g/mol. The molecule has 3 rings (SSSR count). The lowest BCUT2D eigenvalue weighted by atomic mass is 9.95. The summed E-state index contributed by atoms with van der Waals surface area (Å²) in [5, 5.41) is 2.88. The first-order valence-electron chi connectivity index (χ1n) is 9.89. The number of nitrogens with zero attached hydrogens (tertiary/aromatic N) is 1. The van der Waals surface area contributed by atoms with Gasteiger partial charge in [0.05, 0.1) is 23.7 Å². The van der Waals surface area contributed by atoms with E-state index in [9.17, 15) is 18.0 Å². The highest BCUT2D eigenvalue weighted by Crippen LogP contribution is 2.49. The predicted molar refractivity (Wildman–Crippen MR) is 106 cm³/mol.